The number of halogens is 1. The molecule has 2 saturated heterocycles. The summed E-state index contributed by atoms with van der Waals surface area (Å²) in [6.45, 7) is 3.21. The molecule has 12 heteroatoms. The lowest BCUT2D eigenvalue weighted by molar-refractivity contribution is -0.141. The molecule has 11 nitrogen and oxygen atoms in total. The fourth-order valence-corrected chi connectivity index (χ4v) is 3.71. The quantitative estimate of drug-likeness (QED) is 0.657. The summed E-state index contributed by atoms with van der Waals surface area (Å²) in [5, 5.41) is 0.716. The van der Waals surface area contributed by atoms with Gasteiger partial charge in [-0.2, -0.15) is 4.98 Å². The van der Waals surface area contributed by atoms with Crippen LogP contribution in [0.5, 0.6) is 11.5 Å². The van der Waals surface area contributed by atoms with Crippen molar-refractivity contribution in [2.24, 2.45) is 0 Å². The molecule has 3 heterocycles. The third-order valence-electron chi connectivity index (χ3n) is 5.30. The molecule has 2 aromatic rings. The van der Waals surface area contributed by atoms with Gasteiger partial charge in [-0.15, -0.1) is 12.4 Å². The van der Waals surface area contributed by atoms with Gasteiger partial charge in [0.1, 0.15) is 11.9 Å². The van der Waals surface area contributed by atoms with Gasteiger partial charge in [0.05, 0.1) is 19.7 Å². The van der Waals surface area contributed by atoms with E-state index >= 15 is 0 Å². The molecular weight excluding hydrogens is 430 g/mol. The first-order valence-electron chi connectivity index (χ1n) is 9.45. The Morgan fingerprint density at radius 2 is 1.74 bits per heavy atom. The van der Waals surface area contributed by atoms with Crippen LogP contribution in [0.4, 0.5) is 11.8 Å². The largest absolute Gasteiger partial charge is 0.493 e. The summed E-state index contributed by atoms with van der Waals surface area (Å²) in [6.07, 6.45) is 1.49. The zero-order chi connectivity index (χ0) is 19.7. The summed E-state index contributed by atoms with van der Waals surface area (Å²) < 4.78 is 16.2. The van der Waals surface area contributed by atoms with Crippen molar-refractivity contribution < 1.29 is 30.0 Å². The number of hydrogen-bond acceptors (Lipinski definition) is 8. The van der Waals surface area contributed by atoms with Gasteiger partial charge >= 0.3 is 0 Å². The number of fused-ring (bicyclic) bond motifs is 1. The van der Waals surface area contributed by atoms with Crippen LogP contribution in [0.2, 0.25) is 0 Å². The predicted octanol–water partition coefficient (Wildman–Crippen LogP) is -0.171. The molecule has 0 aliphatic carbocycles. The first-order valence-corrected chi connectivity index (χ1v) is 9.45. The Morgan fingerprint density at radius 3 is 2.32 bits per heavy atom. The van der Waals surface area contributed by atoms with Crippen molar-refractivity contribution in [3.05, 3.63) is 12.1 Å². The second-order valence-electron chi connectivity index (χ2n) is 6.95. The molecule has 0 unspecified atom stereocenters. The van der Waals surface area contributed by atoms with Crippen LogP contribution in [0, 0.1) is 0 Å². The molecule has 2 aliphatic heterocycles. The Balaban J connectivity index is 0.00000160. The van der Waals surface area contributed by atoms with Crippen molar-refractivity contribution in [1.29, 1.82) is 0 Å². The lowest BCUT2D eigenvalue weighted by Crippen LogP contribution is -2.51. The number of nitrogens with zero attached hydrogens (tertiary/aromatic N) is 4. The highest BCUT2D eigenvalue weighted by Gasteiger charge is 2.31. The maximum Gasteiger partial charge on any atom is 0.251 e. The minimum atomic E-state index is -0.276. The minimum Gasteiger partial charge on any atom is -0.493 e. The van der Waals surface area contributed by atoms with Crippen LogP contribution in [-0.4, -0.2) is 84.8 Å². The topological polar surface area (TPSA) is 166 Å². The molecule has 0 saturated carbocycles. The fourth-order valence-electron chi connectivity index (χ4n) is 3.71. The number of benzene rings is 1. The van der Waals surface area contributed by atoms with E-state index < -0.39 is 0 Å². The van der Waals surface area contributed by atoms with Crippen LogP contribution >= 0.6 is 12.4 Å². The number of hydrogen-bond donors (Lipinski definition) is 1. The molecule has 31 heavy (non-hydrogen) atoms. The van der Waals surface area contributed by atoms with Crippen LogP contribution < -0.4 is 20.1 Å². The van der Waals surface area contributed by atoms with Gasteiger partial charge in [-0.25, -0.2) is 4.98 Å². The zero-order valence-corrected chi connectivity index (χ0v) is 18.4. The number of ether oxygens (including phenoxy) is 3. The molecule has 1 amide bonds. The highest BCUT2D eigenvalue weighted by molar-refractivity contribution is 5.91. The van der Waals surface area contributed by atoms with E-state index in [0.29, 0.717) is 67.0 Å². The molecule has 2 aliphatic rings. The lowest BCUT2D eigenvalue weighted by atomic mass is 10.2. The highest BCUT2D eigenvalue weighted by atomic mass is 35.5. The van der Waals surface area contributed by atoms with Gasteiger partial charge in [0.15, 0.2) is 11.5 Å². The summed E-state index contributed by atoms with van der Waals surface area (Å²) in [7, 11) is 3.16. The second-order valence-corrected chi connectivity index (χ2v) is 6.95. The van der Waals surface area contributed by atoms with Gasteiger partial charge in [-0.3, -0.25) is 4.79 Å². The van der Waals surface area contributed by atoms with Gasteiger partial charge in [0.25, 0.3) is 5.91 Å². The van der Waals surface area contributed by atoms with Crippen LogP contribution in [0.25, 0.3) is 10.9 Å². The van der Waals surface area contributed by atoms with Gasteiger partial charge in [-0.05, 0) is 18.9 Å². The average Bonchev–Trinajstić information content (AvgIpc) is 3.27. The molecule has 0 bridgehead atoms. The fraction of sp³-hybridized carbons (Fsp3) is 0.526. The number of anilines is 2. The first kappa shape index (κ1) is 26.4. The lowest BCUT2D eigenvalue weighted by Gasteiger charge is -2.35. The molecular formula is C19H30ClN5O6. The van der Waals surface area contributed by atoms with Crippen LogP contribution in [0.1, 0.15) is 12.8 Å². The second kappa shape index (κ2) is 11.1. The average molecular weight is 460 g/mol. The number of carbonyl (C=O) groups excluding carboxylic acids is 1. The first-order chi connectivity index (χ1) is 13.6. The van der Waals surface area contributed by atoms with E-state index in [1.165, 1.54) is 0 Å². The third kappa shape index (κ3) is 5.18. The number of rotatable bonds is 4. The molecule has 0 radical (unpaired) electrons. The Kier molecular flexibility index (Phi) is 9.50. The van der Waals surface area contributed by atoms with E-state index in [1.807, 2.05) is 9.80 Å². The number of nitrogen functional groups attached to an aromatic ring is 1. The number of carbonyl (C=O) groups is 1. The maximum atomic E-state index is 12.5. The SMILES string of the molecule is COc1cc2nc(N3CCN(C(=O)[C@H]4CCCO4)CC3)nc(N)c2cc1OC.Cl.O.O. The van der Waals surface area contributed by atoms with Gasteiger partial charge in [0.2, 0.25) is 5.95 Å². The van der Waals surface area contributed by atoms with Crippen LogP contribution in [0.3, 0.4) is 0 Å². The maximum absolute atomic E-state index is 12.5. The van der Waals surface area contributed by atoms with E-state index in [2.05, 4.69) is 9.97 Å². The van der Waals surface area contributed by atoms with E-state index in [1.54, 1.807) is 26.4 Å². The Morgan fingerprint density at radius 1 is 1.10 bits per heavy atom. The normalized spacial score (nSPS) is 17.9. The summed E-state index contributed by atoms with van der Waals surface area (Å²) in [5.41, 5.74) is 6.87. The van der Waals surface area contributed by atoms with Gasteiger partial charge < -0.3 is 40.7 Å². The Hall–Kier alpha value is -2.60. The van der Waals surface area contributed by atoms with Gasteiger partial charge in [-0.1, -0.05) is 0 Å². The van der Waals surface area contributed by atoms with E-state index in [0.717, 1.165) is 12.8 Å². The third-order valence-corrected chi connectivity index (χ3v) is 5.30. The van der Waals surface area contributed by atoms with Crippen LogP contribution in [0.15, 0.2) is 12.1 Å². The number of piperazine rings is 1. The van der Waals surface area contributed by atoms with Crippen molar-refractivity contribution >= 4 is 41.0 Å². The van der Waals surface area contributed by atoms with Crippen LogP contribution in [-0.2, 0) is 9.53 Å². The van der Waals surface area contributed by atoms with Crippen molar-refractivity contribution in [3.63, 3.8) is 0 Å². The monoisotopic (exact) mass is 459 g/mol. The molecule has 174 valence electrons. The number of amides is 1. The Labute approximate surface area is 186 Å². The zero-order valence-electron chi connectivity index (χ0n) is 17.6. The summed E-state index contributed by atoms with van der Waals surface area (Å²) in [6, 6.07) is 3.58. The molecule has 1 aromatic carbocycles. The van der Waals surface area contributed by atoms with Crippen molar-refractivity contribution in [2.45, 2.75) is 18.9 Å². The standard InChI is InChI=1S/C19H25N5O4.ClH.2H2O/c1-26-15-10-12-13(11-16(15)27-2)21-19(22-17(12)20)24-7-5-23(6-8-24)18(25)14-4-3-9-28-14;;;/h10-11,14H,3-9H2,1-2H3,(H2,20,21,22);1H;2*1H2/t14-;;;/m1.../s1. The smallest absolute Gasteiger partial charge is 0.251 e. The molecule has 1 aromatic heterocycles. The molecule has 6 N–H and O–H groups in total. The minimum absolute atomic E-state index is 0. The van der Waals surface area contributed by atoms with Gasteiger partial charge in [0, 0.05) is 44.2 Å². The molecule has 4 rings (SSSR count). The molecule has 2 fully saturated rings. The summed E-state index contributed by atoms with van der Waals surface area (Å²) in [4.78, 5) is 25.6. The molecule has 1 atom stereocenters. The van der Waals surface area contributed by atoms with Crippen molar-refractivity contribution in [3.8, 4) is 11.5 Å². The van der Waals surface area contributed by atoms with Crippen molar-refractivity contribution in [1.82, 2.24) is 14.9 Å². The summed E-state index contributed by atoms with van der Waals surface area (Å²) >= 11 is 0. The van der Waals surface area contributed by atoms with E-state index in [9.17, 15) is 4.79 Å². The Bertz CT molecular complexity index is 888. The molecule has 0 spiro atoms. The highest BCUT2D eigenvalue weighted by Crippen LogP contribution is 2.34. The number of nitrogens with two attached hydrogens (primary N) is 1. The van der Waals surface area contributed by atoms with E-state index in [4.69, 9.17) is 19.9 Å². The number of methoxy groups -OCH3 is 2. The van der Waals surface area contributed by atoms with Crippen molar-refractivity contribution in [2.75, 3.05) is 57.6 Å². The number of aromatic nitrogens is 2. The van der Waals surface area contributed by atoms with E-state index in [-0.39, 0.29) is 35.4 Å². The summed E-state index contributed by atoms with van der Waals surface area (Å²) in [5.74, 6) is 2.21. The predicted molar refractivity (Wildman–Crippen MR) is 119 cm³/mol.